The number of likely N-dealkylation sites (N-methyl/N-ethyl adjacent to an activating group) is 1. The van der Waals surface area contributed by atoms with E-state index < -0.39 is 0 Å². The molecule has 1 aliphatic rings. The molecule has 3 atom stereocenters. The lowest BCUT2D eigenvalue weighted by atomic mass is 9.80. The lowest BCUT2D eigenvalue weighted by Crippen LogP contribution is -2.47. The second-order valence-electron chi connectivity index (χ2n) is 7.59. The van der Waals surface area contributed by atoms with Crippen LogP contribution in [0, 0.1) is 11.8 Å². The molecular weight excluding hydrogens is 332 g/mol. The number of carbonyl (C=O) groups is 1. The summed E-state index contributed by atoms with van der Waals surface area (Å²) in [5.74, 6) is 2.19. The van der Waals surface area contributed by atoms with Gasteiger partial charge in [0.1, 0.15) is 6.54 Å². The van der Waals surface area contributed by atoms with E-state index in [4.69, 9.17) is 0 Å². The summed E-state index contributed by atoms with van der Waals surface area (Å²) in [5.41, 5.74) is 0. The molecule has 5 nitrogen and oxygen atoms in total. The van der Waals surface area contributed by atoms with Gasteiger partial charge in [-0.25, -0.2) is 4.99 Å². The molecule has 0 saturated heterocycles. The minimum atomic E-state index is 0.00950. The van der Waals surface area contributed by atoms with Crippen LogP contribution in [-0.2, 0) is 4.79 Å². The molecule has 2 rings (SSSR count). The highest BCUT2D eigenvalue weighted by Crippen LogP contribution is 2.28. The topological polar surface area (TPSA) is 56.7 Å². The third-order valence-corrected chi connectivity index (χ3v) is 5.77. The van der Waals surface area contributed by atoms with E-state index in [1.54, 1.807) is 30.3 Å². The van der Waals surface area contributed by atoms with Crippen molar-refractivity contribution in [3.05, 3.63) is 22.4 Å². The van der Waals surface area contributed by atoms with Crippen LogP contribution in [0.15, 0.2) is 22.5 Å². The molecule has 0 aromatic carbocycles. The second-order valence-corrected chi connectivity index (χ2v) is 8.57. The number of guanidine groups is 1. The predicted molar refractivity (Wildman–Crippen MR) is 106 cm³/mol. The molecule has 1 fully saturated rings. The number of carbonyl (C=O) groups excluding carboxylic acids is 1. The van der Waals surface area contributed by atoms with E-state index >= 15 is 0 Å². The number of thiophene rings is 1. The second kappa shape index (κ2) is 9.22. The van der Waals surface area contributed by atoms with Crippen molar-refractivity contribution in [2.75, 3.05) is 20.6 Å². The summed E-state index contributed by atoms with van der Waals surface area (Å²) in [6.07, 6.45) is 3.60. The lowest BCUT2D eigenvalue weighted by Gasteiger charge is -2.33. The summed E-state index contributed by atoms with van der Waals surface area (Å²) >= 11 is 1.73. The van der Waals surface area contributed by atoms with Crippen LogP contribution in [0.25, 0.3) is 0 Å². The SMILES string of the molecule is CC1CC(C)CC(NC(=NCC(=O)N(C)C)NC(C)c2cccs2)C1. The molecular formula is C19H32N4OS. The zero-order chi connectivity index (χ0) is 18.4. The van der Waals surface area contributed by atoms with Crippen molar-refractivity contribution in [3.8, 4) is 0 Å². The minimum Gasteiger partial charge on any atom is -0.354 e. The van der Waals surface area contributed by atoms with Gasteiger partial charge in [0.2, 0.25) is 5.91 Å². The maximum atomic E-state index is 11.9. The van der Waals surface area contributed by atoms with Gasteiger partial charge in [-0.15, -0.1) is 11.3 Å². The van der Waals surface area contributed by atoms with Gasteiger partial charge in [-0.1, -0.05) is 19.9 Å². The molecule has 0 spiro atoms. The van der Waals surface area contributed by atoms with Gasteiger partial charge in [-0.3, -0.25) is 4.79 Å². The Balaban J connectivity index is 2.05. The number of hydrogen-bond acceptors (Lipinski definition) is 3. The molecule has 1 saturated carbocycles. The van der Waals surface area contributed by atoms with Crippen LogP contribution in [0.4, 0.5) is 0 Å². The maximum absolute atomic E-state index is 11.9. The van der Waals surface area contributed by atoms with Crippen LogP contribution in [0.5, 0.6) is 0 Å². The molecule has 2 N–H and O–H groups in total. The Bertz CT molecular complexity index is 560. The van der Waals surface area contributed by atoms with Crippen molar-refractivity contribution in [1.29, 1.82) is 0 Å². The standard InChI is InChI=1S/C19H32N4OS/c1-13-9-14(2)11-16(10-13)22-19(20-12-18(24)23(4)5)21-15(3)17-7-6-8-25-17/h6-8,13-16H,9-12H2,1-5H3,(H2,20,21,22). The van der Waals surface area contributed by atoms with E-state index in [-0.39, 0.29) is 18.5 Å². The average molecular weight is 365 g/mol. The third-order valence-electron chi connectivity index (χ3n) is 4.71. The van der Waals surface area contributed by atoms with E-state index in [2.05, 4.69) is 53.9 Å². The normalized spacial score (nSPS) is 25.3. The number of hydrogen-bond donors (Lipinski definition) is 2. The number of rotatable bonds is 5. The van der Waals surface area contributed by atoms with E-state index in [0.29, 0.717) is 6.04 Å². The molecule has 1 aromatic rings. The van der Waals surface area contributed by atoms with Crippen LogP contribution in [0.3, 0.4) is 0 Å². The largest absolute Gasteiger partial charge is 0.354 e. The summed E-state index contributed by atoms with van der Waals surface area (Å²) in [6, 6.07) is 4.76. The van der Waals surface area contributed by atoms with Crippen LogP contribution in [0.1, 0.15) is 51.0 Å². The van der Waals surface area contributed by atoms with Crippen molar-refractivity contribution < 1.29 is 4.79 Å². The predicted octanol–water partition coefficient (Wildman–Crippen LogP) is 3.26. The quantitative estimate of drug-likeness (QED) is 0.623. The van der Waals surface area contributed by atoms with E-state index in [1.807, 2.05) is 0 Å². The summed E-state index contributed by atoms with van der Waals surface area (Å²) in [4.78, 5) is 19.3. The summed E-state index contributed by atoms with van der Waals surface area (Å²) in [6.45, 7) is 6.93. The number of nitrogens with zero attached hydrogens (tertiary/aromatic N) is 2. The van der Waals surface area contributed by atoms with Crippen molar-refractivity contribution in [1.82, 2.24) is 15.5 Å². The van der Waals surface area contributed by atoms with E-state index in [1.165, 1.54) is 11.3 Å². The monoisotopic (exact) mass is 364 g/mol. The first-order chi connectivity index (χ1) is 11.8. The Kier molecular flexibility index (Phi) is 7.29. The molecule has 1 heterocycles. The third kappa shape index (κ3) is 6.34. The number of nitrogens with one attached hydrogen (secondary N) is 2. The Hall–Kier alpha value is -1.56. The fraction of sp³-hybridized carbons (Fsp3) is 0.684. The van der Waals surface area contributed by atoms with Crippen molar-refractivity contribution >= 4 is 23.2 Å². The summed E-state index contributed by atoms with van der Waals surface area (Å²) in [7, 11) is 3.52. The highest BCUT2D eigenvalue weighted by atomic mass is 32.1. The van der Waals surface area contributed by atoms with Gasteiger partial charge in [-0.2, -0.15) is 0 Å². The van der Waals surface area contributed by atoms with Gasteiger partial charge in [0.15, 0.2) is 5.96 Å². The molecule has 1 aliphatic carbocycles. The fourth-order valence-corrected chi connectivity index (χ4v) is 4.23. The van der Waals surface area contributed by atoms with Gasteiger partial charge in [0, 0.05) is 25.0 Å². The summed E-state index contributed by atoms with van der Waals surface area (Å²) in [5, 5.41) is 9.13. The van der Waals surface area contributed by atoms with Gasteiger partial charge < -0.3 is 15.5 Å². The Morgan fingerprint density at radius 2 is 2.00 bits per heavy atom. The molecule has 1 aromatic heterocycles. The van der Waals surface area contributed by atoms with Crippen LogP contribution < -0.4 is 10.6 Å². The Morgan fingerprint density at radius 3 is 2.56 bits per heavy atom. The average Bonchev–Trinajstić information content (AvgIpc) is 3.05. The molecule has 0 aliphatic heterocycles. The van der Waals surface area contributed by atoms with Crippen LogP contribution in [-0.4, -0.2) is 43.4 Å². The minimum absolute atomic E-state index is 0.00950. The molecule has 25 heavy (non-hydrogen) atoms. The van der Waals surface area contributed by atoms with Gasteiger partial charge in [-0.05, 0) is 49.5 Å². The van der Waals surface area contributed by atoms with Crippen molar-refractivity contribution in [3.63, 3.8) is 0 Å². The van der Waals surface area contributed by atoms with Gasteiger partial charge in [0.25, 0.3) is 0 Å². The molecule has 140 valence electrons. The zero-order valence-corrected chi connectivity index (χ0v) is 16.9. The summed E-state index contributed by atoms with van der Waals surface area (Å²) < 4.78 is 0. The molecule has 1 amide bonds. The maximum Gasteiger partial charge on any atom is 0.243 e. The first kappa shape index (κ1) is 19.8. The number of amides is 1. The smallest absolute Gasteiger partial charge is 0.243 e. The van der Waals surface area contributed by atoms with Gasteiger partial charge >= 0.3 is 0 Å². The van der Waals surface area contributed by atoms with Crippen LogP contribution in [0.2, 0.25) is 0 Å². The fourth-order valence-electron chi connectivity index (χ4n) is 3.49. The Labute approximate surface area is 155 Å². The highest BCUT2D eigenvalue weighted by molar-refractivity contribution is 7.10. The highest BCUT2D eigenvalue weighted by Gasteiger charge is 2.25. The Morgan fingerprint density at radius 1 is 1.32 bits per heavy atom. The zero-order valence-electron chi connectivity index (χ0n) is 16.1. The molecule has 0 radical (unpaired) electrons. The first-order valence-corrected chi connectivity index (χ1v) is 10.0. The lowest BCUT2D eigenvalue weighted by molar-refractivity contribution is -0.127. The first-order valence-electron chi connectivity index (χ1n) is 9.16. The van der Waals surface area contributed by atoms with Crippen molar-refractivity contribution in [2.45, 2.75) is 52.1 Å². The van der Waals surface area contributed by atoms with Crippen molar-refractivity contribution in [2.24, 2.45) is 16.8 Å². The molecule has 3 unspecified atom stereocenters. The van der Waals surface area contributed by atoms with E-state index in [0.717, 1.165) is 30.6 Å². The van der Waals surface area contributed by atoms with Crippen LogP contribution >= 0.6 is 11.3 Å². The van der Waals surface area contributed by atoms with E-state index in [9.17, 15) is 4.79 Å². The van der Waals surface area contributed by atoms with Gasteiger partial charge in [0.05, 0.1) is 6.04 Å². The number of aliphatic imine (C=N–C) groups is 1. The molecule has 6 heteroatoms. The molecule has 0 bridgehead atoms.